The fourth-order valence-electron chi connectivity index (χ4n) is 1.43. The van der Waals surface area contributed by atoms with E-state index >= 15 is 0 Å². The second-order valence-corrected chi connectivity index (χ2v) is 5.04. The summed E-state index contributed by atoms with van der Waals surface area (Å²) >= 11 is 0. The number of hydrogen-bond donors (Lipinski definition) is 1. The molecule has 0 saturated heterocycles. The highest BCUT2D eigenvalue weighted by atomic mass is 16.5. The fourth-order valence-corrected chi connectivity index (χ4v) is 1.43. The lowest BCUT2D eigenvalue weighted by molar-refractivity contribution is 0.0827. The molecule has 0 heterocycles. The Bertz CT molecular complexity index is 164. The Labute approximate surface area is 100 Å². The Hall–Kier alpha value is -0.160. The quantitative estimate of drug-likeness (QED) is 0.643. The molecule has 0 aromatic rings. The highest BCUT2D eigenvalue weighted by Gasteiger charge is 2.25. The van der Waals surface area contributed by atoms with Crippen LogP contribution in [0, 0.1) is 5.41 Å². The average Bonchev–Trinajstić information content (AvgIpc) is 2.21. The number of hydrogen-bond acceptors (Lipinski definition) is 4. The lowest BCUT2D eigenvalue weighted by Gasteiger charge is -2.35. The van der Waals surface area contributed by atoms with Gasteiger partial charge >= 0.3 is 0 Å². The minimum atomic E-state index is 0.113. The zero-order valence-electron chi connectivity index (χ0n) is 11.5. The number of rotatable bonds is 9. The van der Waals surface area contributed by atoms with Crippen molar-refractivity contribution in [3.8, 4) is 0 Å². The van der Waals surface area contributed by atoms with Crippen LogP contribution in [0.4, 0.5) is 0 Å². The average molecular weight is 232 g/mol. The van der Waals surface area contributed by atoms with Crippen LogP contribution >= 0.6 is 0 Å². The molecule has 0 amide bonds. The van der Waals surface area contributed by atoms with Crippen molar-refractivity contribution in [1.82, 2.24) is 4.90 Å². The third-order valence-electron chi connectivity index (χ3n) is 3.09. The van der Waals surface area contributed by atoms with Crippen molar-refractivity contribution < 1.29 is 9.47 Å². The topological polar surface area (TPSA) is 47.7 Å². The van der Waals surface area contributed by atoms with E-state index in [0.29, 0.717) is 0 Å². The summed E-state index contributed by atoms with van der Waals surface area (Å²) in [6.45, 7) is 10.8. The van der Waals surface area contributed by atoms with E-state index in [-0.39, 0.29) is 11.5 Å². The summed E-state index contributed by atoms with van der Waals surface area (Å²) in [5.41, 5.74) is 6.10. The lowest BCUT2D eigenvalue weighted by atomic mass is 9.85. The van der Waals surface area contributed by atoms with Gasteiger partial charge in [-0.1, -0.05) is 13.8 Å². The van der Waals surface area contributed by atoms with E-state index in [1.165, 1.54) is 0 Å². The van der Waals surface area contributed by atoms with Crippen LogP contribution in [-0.4, -0.2) is 58.0 Å². The zero-order valence-corrected chi connectivity index (χ0v) is 11.5. The molecule has 4 heteroatoms. The Kier molecular flexibility index (Phi) is 7.93. The van der Waals surface area contributed by atoms with E-state index in [1.807, 2.05) is 0 Å². The van der Waals surface area contributed by atoms with Crippen molar-refractivity contribution in [3.05, 3.63) is 0 Å². The number of ether oxygens (including phenoxy) is 2. The predicted octanol–water partition coefficient (Wildman–Crippen LogP) is 0.955. The summed E-state index contributed by atoms with van der Waals surface area (Å²) in [4.78, 5) is 2.34. The highest BCUT2D eigenvalue weighted by Crippen LogP contribution is 2.20. The minimum Gasteiger partial charge on any atom is -0.383 e. The lowest BCUT2D eigenvalue weighted by Crippen LogP contribution is -2.46. The van der Waals surface area contributed by atoms with Crippen LogP contribution in [0.5, 0.6) is 0 Å². The van der Waals surface area contributed by atoms with Gasteiger partial charge in [-0.05, 0) is 12.3 Å². The van der Waals surface area contributed by atoms with Crippen LogP contribution in [-0.2, 0) is 9.47 Å². The standard InChI is InChI=1S/C12H28N2O2/c1-11(13)12(2,3)10-14(6-8-15-4)7-9-16-5/h11H,6-10,13H2,1-5H3. The summed E-state index contributed by atoms with van der Waals surface area (Å²) in [6.07, 6.45) is 0. The summed E-state index contributed by atoms with van der Waals surface area (Å²) < 4.78 is 10.2. The van der Waals surface area contributed by atoms with E-state index in [9.17, 15) is 0 Å². The van der Waals surface area contributed by atoms with Crippen LogP contribution in [0.1, 0.15) is 20.8 Å². The molecule has 0 fully saturated rings. The fraction of sp³-hybridized carbons (Fsp3) is 1.00. The van der Waals surface area contributed by atoms with Gasteiger partial charge < -0.3 is 15.2 Å². The van der Waals surface area contributed by atoms with Gasteiger partial charge in [-0.15, -0.1) is 0 Å². The van der Waals surface area contributed by atoms with Gasteiger partial charge in [-0.2, -0.15) is 0 Å². The second kappa shape index (κ2) is 8.01. The van der Waals surface area contributed by atoms with Crippen molar-refractivity contribution in [3.63, 3.8) is 0 Å². The summed E-state index contributed by atoms with van der Waals surface area (Å²) in [5, 5.41) is 0. The van der Waals surface area contributed by atoms with Crippen molar-refractivity contribution >= 4 is 0 Å². The maximum Gasteiger partial charge on any atom is 0.0589 e. The minimum absolute atomic E-state index is 0.113. The monoisotopic (exact) mass is 232 g/mol. The maximum atomic E-state index is 5.99. The molecule has 0 spiro atoms. The van der Waals surface area contributed by atoms with Gasteiger partial charge in [0.15, 0.2) is 0 Å². The van der Waals surface area contributed by atoms with Crippen LogP contribution in [0.15, 0.2) is 0 Å². The molecule has 0 rings (SSSR count). The molecule has 98 valence electrons. The van der Waals surface area contributed by atoms with Crippen LogP contribution in [0.2, 0.25) is 0 Å². The Morgan fingerprint density at radius 3 is 1.88 bits per heavy atom. The van der Waals surface area contributed by atoms with E-state index in [0.717, 1.165) is 32.8 Å². The molecule has 16 heavy (non-hydrogen) atoms. The number of nitrogens with zero attached hydrogens (tertiary/aromatic N) is 1. The molecule has 1 unspecified atom stereocenters. The normalized spacial score (nSPS) is 14.4. The van der Waals surface area contributed by atoms with E-state index in [2.05, 4.69) is 25.7 Å². The van der Waals surface area contributed by atoms with Gasteiger partial charge in [0.05, 0.1) is 13.2 Å². The molecular weight excluding hydrogens is 204 g/mol. The molecule has 0 aliphatic heterocycles. The molecule has 0 radical (unpaired) electrons. The Morgan fingerprint density at radius 1 is 1.12 bits per heavy atom. The summed E-state index contributed by atoms with van der Waals surface area (Å²) in [5.74, 6) is 0. The van der Waals surface area contributed by atoms with Crippen LogP contribution < -0.4 is 5.73 Å². The molecule has 0 aliphatic carbocycles. The van der Waals surface area contributed by atoms with Crippen molar-refractivity contribution in [2.24, 2.45) is 11.1 Å². The molecular formula is C12H28N2O2. The number of methoxy groups -OCH3 is 2. The molecule has 4 nitrogen and oxygen atoms in total. The van der Waals surface area contributed by atoms with Crippen molar-refractivity contribution in [1.29, 1.82) is 0 Å². The smallest absolute Gasteiger partial charge is 0.0589 e. The SMILES string of the molecule is COCCN(CCOC)CC(C)(C)C(C)N. The first kappa shape index (κ1) is 15.8. The predicted molar refractivity (Wildman–Crippen MR) is 67.6 cm³/mol. The largest absolute Gasteiger partial charge is 0.383 e. The van der Waals surface area contributed by atoms with Crippen molar-refractivity contribution in [2.45, 2.75) is 26.8 Å². The highest BCUT2D eigenvalue weighted by molar-refractivity contribution is 4.81. The van der Waals surface area contributed by atoms with E-state index < -0.39 is 0 Å². The summed E-state index contributed by atoms with van der Waals surface area (Å²) in [7, 11) is 3.45. The molecule has 0 aromatic heterocycles. The van der Waals surface area contributed by atoms with Gasteiger partial charge in [0.2, 0.25) is 0 Å². The first-order valence-corrected chi connectivity index (χ1v) is 5.90. The molecule has 1 atom stereocenters. The van der Waals surface area contributed by atoms with Gasteiger partial charge in [0.25, 0.3) is 0 Å². The first-order valence-electron chi connectivity index (χ1n) is 5.90. The van der Waals surface area contributed by atoms with Gasteiger partial charge in [0.1, 0.15) is 0 Å². The van der Waals surface area contributed by atoms with Gasteiger partial charge in [0, 0.05) is 39.9 Å². The van der Waals surface area contributed by atoms with Crippen LogP contribution in [0.25, 0.3) is 0 Å². The molecule has 0 bridgehead atoms. The second-order valence-electron chi connectivity index (χ2n) is 5.04. The Balaban J connectivity index is 4.17. The summed E-state index contributed by atoms with van der Waals surface area (Å²) in [6, 6.07) is 0.181. The molecule has 0 aromatic carbocycles. The first-order chi connectivity index (χ1) is 7.44. The third-order valence-corrected chi connectivity index (χ3v) is 3.09. The third kappa shape index (κ3) is 6.43. The zero-order chi connectivity index (χ0) is 12.6. The van der Waals surface area contributed by atoms with Gasteiger partial charge in [-0.3, -0.25) is 4.90 Å². The number of nitrogens with two attached hydrogens (primary N) is 1. The molecule has 2 N–H and O–H groups in total. The van der Waals surface area contributed by atoms with Crippen molar-refractivity contribution in [2.75, 3.05) is 47.1 Å². The molecule has 0 aliphatic rings. The van der Waals surface area contributed by atoms with E-state index in [4.69, 9.17) is 15.2 Å². The Morgan fingerprint density at radius 2 is 1.56 bits per heavy atom. The maximum absolute atomic E-state index is 5.99. The molecule has 0 saturated carbocycles. The van der Waals surface area contributed by atoms with Crippen LogP contribution in [0.3, 0.4) is 0 Å². The van der Waals surface area contributed by atoms with E-state index in [1.54, 1.807) is 14.2 Å². The van der Waals surface area contributed by atoms with Gasteiger partial charge in [-0.25, -0.2) is 0 Å².